The number of ether oxygens (including phenoxy) is 2. The van der Waals surface area contributed by atoms with E-state index in [2.05, 4.69) is 4.90 Å². The van der Waals surface area contributed by atoms with Crippen LogP contribution in [0.3, 0.4) is 0 Å². The van der Waals surface area contributed by atoms with Crippen LogP contribution in [0.1, 0.15) is 25.7 Å². The maximum Gasteiger partial charge on any atom is 0.169 e. The van der Waals surface area contributed by atoms with Gasteiger partial charge in [0.05, 0.1) is 0 Å². The largest absolute Gasteiger partial charge is 0.396 e. The average Bonchev–Trinajstić information content (AvgIpc) is 2.19. The second-order valence-electron chi connectivity index (χ2n) is 4.06. The molecule has 1 saturated carbocycles. The van der Waals surface area contributed by atoms with Gasteiger partial charge in [-0.05, 0) is 19.3 Å². The van der Waals surface area contributed by atoms with Gasteiger partial charge >= 0.3 is 0 Å². The van der Waals surface area contributed by atoms with Crippen LogP contribution in [-0.2, 0) is 9.47 Å². The van der Waals surface area contributed by atoms with Crippen LogP contribution in [0.25, 0.3) is 0 Å². The molecule has 0 aromatic rings. The highest BCUT2D eigenvalue weighted by atomic mass is 16.7. The third-order valence-corrected chi connectivity index (χ3v) is 3.10. The van der Waals surface area contributed by atoms with Gasteiger partial charge in [0.1, 0.15) is 0 Å². The number of methoxy groups -OCH3 is 2. The van der Waals surface area contributed by atoms with Crippen LogP contribution < -0.4 is 0 Å². The fourth-order valence-corrected chi connectivity index (χ4v) is 1.89. The number of hydrogen-bond acceptors (Lipinski definition) is 4. The van der Waals surface area contributed by atoms with Crippen molar-refractivity contribution >= 4 is 0 Å². The summed E-state index contributed by atoms with van der Waals surface area (Å²) in [7, 11) is 3.33. The van der Waals surface area contributed by atoms with E-state index >= 15 is 0 Å². The minimum absolute atomic E-state index is 0.149. The number of nitrogens with zero attached hydrogens (tertiary/aromatic N) is 1. The van der Waals surface area contributed by atoms with E-state index in [1.165, 1.54) is 19.3 Å². The molecule has 1 fully saturated rings. The first-order chi connectivity index (χ1) is 7.31. The molecule has 0 atom stereocenters. The summed E-state index contributed by atoms with van der Waals surface area (Å²) in [5.41, 5.74) is 0. The molecule has 0 unspecified atom stereocenters. The van der Waals surface area contributed by atoms with Crippen molar-refractivity contribution < 1.29 is 14.6 Å². The zero-order chi connectivity index (χ0) is 11.1. The second-order valence-corrected chi connectivity index (χ2v) is 4.06. The Morgan fingerprint density at radius 1 is 1.33 bits per heavy atom. The van der Waals surface area contributed by atoms with Gasteiger partial charge in [0.15, 0.2) is 6.29 Å². The monoisotopic (exact) mass is 217 g/mol. The summed E-state index contributed by atoms with van der Waals surface area (Å²) in [6.45, 7) is 2.00. The average molecular weight is 217 g/mol. The van der Waals surface area contributed by atoms with E-state index in [1.54, 1.807) is 14.2 Å². The maximum atomic E-state index is 8.85. The van der Waals surface area contributed by atoms with Crippen LogP contribution in [0.5, 0.6) is 0 Å². The number of aliphatic hydroxyl groups is 1. The van der Waals surface area contributed by atoms with Crippen molar-refractivity contribution in [1.29, 1.82) is 0 Å². The predicted octanol–water partition coefficient (Wildman–Crippen LogP) is 0.842. The van der Waals surface area contributed by atoms with Crippen molar-refractivity contribution in [1.82, 2.24) is 4.90 Å². The Morgan fingerprint density at radius 2 is 2.00 bits per heavy atom. The maximum absolute atomic E-state index is 8.85. The van der Waals surface area contributed by atoms with Crippen LogP contribution in [0.2, 0.25) is 0 Å². The molecule has 1 aliphatic rings. The minimum Gasteiger partial charge on any atom is -0.396 e. The molecule has 0 aromatic heterocycles. The Labute approximate surface area is 92.2 Å². The SMILES string of the molecule is COC(CN(CCCO)C1CCC1)OC. The lowest BCUT2D eigenvalue weighted by atomic mass is 9.91. The Morgan fingerprint density at radius 3 is 2.40 bits per heavy atom. The van der Waals surface area contributed by atoms with Crippen LogP contribution in [0.15, 0.2) is 0 Å². The van der Waals surface area contributed by atoms with E-state index in [0.717, 1.165) is 19.5 Å². The molecule has 90 valence electrons. The summed E-state index contributed by atoms with van der Waals surface area (Å²) in [6, 6.07) is 0.671. The standard InChI is InChI=1S/C11H23NO3/c1-14-11(15-2)9-12(7-4-8-13)10-5-3-6-10/h10-11,13H,3-9H2,1-2H3. The lowest BCUT2D eigenvalue weighted by molar-refractivity contribution is -0.124. The lowest BCUT2D eigenvalue weighted by Gasteiger charge is -2.38. The zero-order valence-corrected chi connectivity index (χ0v) is 9.82. The van der Waals surface area contributed by atoms with Crippen molar-refractivity contribution in [3.63, 3.8) is 0 Å². The van der Waals surface area contributed by atoms with Crippen LogP contribution >= 0.6 is 0 Å². The van der Waals surface area contributed by atoms with Gasteiger partial charge in [0.2, 0.25) is 0 Å². The number of aliphatic hydroxyl groups excluding tert-OH is 1. The fourth-order valence-electron chi connectivity index (χ4n) is 1.89. The summed E-state index contributed by atoms with van der Waals surface area (Å²) in [4.78, 5) is 2.37. The van der Waals surface area contributed by atoms with Gasteiger partial charge in [0.25, 0.3) is 0 Å². The first kappa shape index (κ1) is 12.9. The first-order valence-corrected chi connectivity index (χ1v) is 5.72. The van der Waals surface area contributed by atoms with E-state index in [4.69, 9.17) is 14.6 Å². The second kappa shape index (κ2) is 7.17. The molecule has 15 heavy (non-hydrogen) atoms. The van der Waals surface area contributed by atoms with Crippen LogP contribution in [-0.4, -0.2) is 56.3 Å². The van der Waals surface area contributed by atoms with Crippen molar-refractivity contribution in [3.8, 4) is 0 Å². The molecule has 1 rings (SSSR count). The van der Waals surface area contributed by atoms with Gasteiger partial charge in [0, 0.05) is 40.0 Å². The minimum atomic E-state index is -0.149. The van der Waals surface area contributed by atoms with Crippen LogP contribution in [0, 0.1) is 0 Å². The summed E-state index contributed by atoms with van der Waals surface area (Å²) >= 11 is 0. The molecule has 0 radical (unpaired) electrons. The molecule has 0 aromatic carbocycles. The summed E-state index contributed by atoms with van der Waals surface area (Å²) < 4.78 is 10.4. The van der Waals surface area contributed by atoms with Crippen molar-refractivity contribution in [2.75, 3.05) is 33.9 Å². The molecule has 1 N–H and O–H groups in total. The lowest BCUT2D eigenvalue weighted by Crippen LogP contribution is -2.45. The van der Waals surface area contributed by atoms with Gasteiger partial charge in [-0.15, -0.1) is 0 Å². The van der Waals surface area contributed by atoms with E-state index in [-0.39, 0.29) is 12.9 Å². The Balaban J connectivity index is 2.32. The smallest absolute Gasteiger partial charge is 0.169 e. The molecular formula is C11H23NO3. The molecule has 4 heteroatoms. The molecule has 0 heterocycles. The van der Waals surface area contributed by atoms with E-state index in [0.29, 0.717) is 6.04 Å². The highest BCUT2D eigenvalue weighted by Crippen LogP contribution is 2.25. The van der Waals surface area contributed by atoms with Gasteiger partial charge in [-0.2, -0.15) is 0 Å². The van der Waals surface area contributed by atoms with E-state index in [9.17, 15) is 0 Å². The summed E-state index contributed by atoms with van der Waals surface area (Å²) in [6.07, 6.45) is 4.54. The number of rotatable bonds is 8. The van der Waals surface area contributed by atoms with Gasteiger partial charge in [-0.3, -0.25) is 4.90 Å². The van der Waals surface area contributed by atoms with E-state index < -0.39 is 0 Å². The molecule has 0 bridgehead atoms. The Hall–Kier alpha value is -0.160. The van der Waals surface area contributed by atoms with Crippen molar-refractivity contribution in [2.45, 2.75) is 38.0 Å². The fraction of sp³-hybridized carbons (Fsp3) is 1.00. The van der Waals surface area contributed by atoms with Crippen LogP contribution in [0.4, 0.5) is 0 Å². The quantitative estimate of drug-likeness (QED) is 0.612. The molecule has 0 amide bonds. The van der Waals surface area contributed by atoms with Gasteiger partial charge in [-0.25, -0.2) is 0 Å². The number of hydrogen-bond donors (Lipinski definition) is 1. The molecule has 0 saturated heterocycles. The Kier molecular flexibility index (Phi) is 6.17. The van der Waals surface area contributed by atoms with Crippen molar-refractivity contribution in [3.05, 3.63) is 0 Å². The highest BCUT2D eigenvalue weighted by molar-refractivity contribution is 4.80. The van der Waals surface area contributed by atoms with E-state index in [1.807, 2.05) is 0 Å². The molecule has 4 nitrogen and oxygen atoms in total. The van der Waals surface area contributed by atoms with Gasteiger partial charge in [-0.1, -0.05) is 6.42 Å². The zero-order valence-electron chi connectivity index (χ0n) is 9.82. The van der Waals surface area contributed by atoms with Crippen molar-refractivity contribution in [2.24, 2.45) is 0 Å². The third-order valence-electron chi connectivity index (χ3n) is 3.10. The van der Waals surface area contributed by atoms with Gasteiger partial charge < -0.3 is 14.6 Å². The topological polar surface area (TPSA) is 41.9 Å². The highest BCUT2D eigenvalue weighted by Gasteiger charge is 2.26. The third kappa shape index (κ3) is 4.07. The molecule has 0 aliphatic heterocycles. The summed E-state index contributed by atoms with van der Waals surface area (Å²) in [5, 5.41) is 8.85. The molecule has 1 aliphatic carbocycles. The predicted molar refractivity (Wildman–Crippen MR) is 58.7 cm³/mol. The Bertz CT molecular complexity index is 158. The normalized spacial score (nSPS) is 17.4. The first-order valence-electron chi connectivity index (χ1n) is 5.72. The summed E-state index contributed by atoms with van der Waals surface area (Å²) in [5.74, 6) is 0. The molecule has 0 spiro atoms. The molecular weight excluding hydrogens is 194 g/mol.